The van der Waals surface area contributed by atoms with Gasteiger partial charge in [0.25, 0.3) is 5.88 Å². The predicted molar refractivity (Wildman–Crippen MR) is 127 cm³/mol. The number of aromatic nitrogens is 1. The number of rotatable bonds is 11. The van der Waals surface area contributed by atoms with E-state index < -0.39 is 0 Å². The Hall–Kier alpha value is -1.99. The summed E-state index contributed by atoms with van der Waals surface area (Å²) in [5, 5.41) is 4.00. The third kappa shape index (κ3) is 6.07. The normalized spacial score (nSPS) is 18.2. The van der Waals surface area contributed by atoms with Crippen LogP contribution in [0.25, 0.3) is 0 Å². The van der Waals surface area contributed by atoms with Crippen molar-refractivity contribution >= 4 is 12.6 Å². The fourth-order valence-electron chi connectivity index (χ4n) is 3.33. The number of unbranched alkanes of at least 4 members (excludes halogenated alkanes) is 2. The van der Waals surface area contributed by atoms with Crippen molar-refractivity contribution in [2.24, 2.45) is 5.92 Å². The van der Waals surface area contributed by atoms with Crippen molar-refractivity contribution in [1.29, 1.82) is 0 Å². The summed E-state index contributed by atoms with van der Waals surface area (Å²) in [6.07, 6.45) is 2.95. The van der Waals surface area contributed by atoms with Gasteiger partial charge in [0.2, 0.25) is 0 Å². The van der Waals surface area contributed by atoms with Gasteiger partial charge in [-0.2, -0.15) is 0 Å². The second-order valence-corrected chi connectivity index (χ2v) is 10.0. The first-order valence-electron chi connectivity index (χ1n) is 11.8. The van der Waals surface area contributed by atoms with E-state index >= 15 is 0 Å². The van der Waals surface area contributed by atoms with E-state index in [4.69, 9.17) is 23.3 Å². The Morgan fingerprint density at radius 2 is 1.47 bits per heavy atom. The molecule has 1 aliphatic heterocycles. The average molecular weight is 443 g/mol. The number of hydrogen-bond acceptors (Lipinski definition) is 6. The van der Waals surface area contributed by atoms with Gasteiger partial charge in [-0.05, 0) is 75.6 Å². The van der Waals surface area contributed by atoms with Crippen LogP contribution in [0.1, 0.15) is 79.4 Å². The summed E-state index contributed by atoms with van der Waals surface area (Å²) < 4.78 is 29.2. The maximum Gasteiger partial charge on any atom is 0.494 e. The molecule has 2 heterocycles. The van der Waals surface area contributed by atoms with Crippen molar-refractivity contribution in [2.45, 2.75) is 84.8 Å². The highest BCUT2D eigenvalue weighted by atomic mass is 16.7. The molecule has 3 rings (SSSR count). The van der Waals surface area contributed by atoms with Crippen LogP contribution in [0.15, 0.2) is 34.9 Å². The molecular formula is C25H38BNO5. The minimum atomic E-state index is -0.344. The third-order valence-corrected chi connectivity index (χ3v) is 6.67. The minimum Gasteiger partial charge on any atom is -0.494 e. The number of ether oxygens (including phenoxy) is 2. The Kier molecular flexibility index (Phi) is 7.94. The first-order valence-corrected chi connectivity index (χ1v) is 11.8. The lowest BCUT2D eigenvalue weighted by Crippen LogP contribution is -2.41. The van der Waals surface area contributed by atoms with Gasteiger partial charge in [-0.15, -0.1) is 0 Å². The molecule has 1 aliphatic rings. The summed E-state index contributed by atoms with van der Waals surface area (Å²) in [6.45, 7) is 16.0. The maximum absolute atomic E-state index is 6.10. The zero-order valence-electron chi connectivity index (χ0n) is 20.6. The first kappa shape index (κ1) is 24.7. The Labute approximate surface area is 193 Å². The summed E-state index contributed by atoms with van der Waals surface area (Å²) in [5.41, 5.74) is 0.338. The van der Waals surface area contributed by atoms with Gasteiger partial charge in [-0.1, -0.05) is 32.9 Å². The second kappa shape index (κ2) is 10.3. The van der Waals surface area contributed by atoms with Crippen molar-refractivity contribution in [2.75, 3.05) is 13.2 Å². The van der Waals surface area contributed by atoms with Gasteiger partial charge < -0.3 is 23.3 Å². The molecule has 32 heavy (non-hydrogen) atoms. The van der Waals surface area contributed by atoms with E-state index in [0.29, 0.717) is 30.9 Å². The van der Waals surface area contributed by atoms with Crippen LogP contribution in [0.4, 0.5) is 0 Å². The second-order valence-electron chi connectivity index (χ2n) is 10.0. The molecule has 0 bridgehead atoms. The highest BCUT2D eigenvalue weighted by molar-refractivity contribution is 6.62. The Morgan fingerprint density at radius 1 is 0.875 bits per heavy atom. The van der Waals surface area contributed by atoms with Crippen molar-refractivity contribution in [3.05, 3.63) is 36.1 Å². The molecule has 1 fully saturated rings. The summed E-state index contributed by atoms with van der Waals surface area (Å²) >= 11 is 0. The third-order valence-electron chi connectivity index (χ3n) is 6.67. The molecule has 6 nitrogen and oxygen atoms in total. The van der Waals surface area contributed by atoms with E-state index in [2.05, 4.69) is 53.6 Å². The lowest BCUT2D eigenvalue weighted by molar-refractivity contribution is 0.00578. The monoisotopic (exact) mass is 443 g/mol. The van der Waals surface area contributed by atoms with Crippen LogP contribution < -0.4 is 14.9 Å². The molecule has 0 amide bonds. The molecule has 0 spiro atoms. The summed E-state index contributed by atoms with van der Waals surface area (Å²) in [4.78, 5) is 0. The zero-order chi connectivity index (χ0) is 23.4. The molecule has 0 N–H and O–H groups in total. The van der Waals surface area contributed by atoms with Crippen LogP contribution in [-0.4, -0.2) is 36.7 Å². The van der Waals surface area contributed by atoms with Crippen LogP contribution in [0.5, 0.6) is 11.6 Å². The molecule has 176 valence electrons. The standard InChI is InChI=1S/C25H38BNO5/c1-18(2)19(3)22-17-23(27-30-22)29-16-10-8-9-15-28-21-13-11-20(12-14-21)26-31-24(4,5)25(6,7)32-26/h11-14,17-19H,8-10,15-16H2,1-7H3. The van der Waals surface area contributed by atoms with Gasteiger partial charge in [0.15, 0.2) is 0 Å². The Balaban J connectivity index is 1.31. The molecular weight excluding hydrogens is 405 g/mol. The summed E-state index contributed by atoms with van der Waals surface area (Å²) in [7, 11) is -0.344. The predicted octanol–water partition coefficient (Wildman–Crippen LogP) is 5.36. The lowest BCUT2D eigenvalue weighted by Gasteiger charge is -2.32. The maximum atomic E-state index is 6.10. The largest absolute Gasteiger partial charge is 0.494 e. The van der Waals surface area contributed by atoms with E-state index in [1.54, 1.807) is 0 Å². The summed E-state index contributed by atoms with van der Waals surface area (Å²) in [6, 6.07) is 9.88. The van der Waals surface area contributed by atoms with E-state index in [-0.39, 0.29) is 18.3 Å². The van der Waals surface area contributed by atoms with Crippen LogP contribution in [0.3, 0.4) is 0 Å². The number of hydrogen-bond donors (Lipinski definition) is 0. The van der Waals surface area contributed by atoms with Gasteiger partial charge in [0.1, 0.15) is 11.5 Å². The molecule has 1 unspecified atom stereocenters. The molecule has 1 aromatic carbocycles. The first-order chi connectivity index (χ1) is 15.1. The number of benzene rings is 1. The molecule has 1 atom stereocenters. The molecule has 1 saturated heterocycles. The highest BCUT2D eigenvalue weighted by Gasteiger charge is 2.51. The molecule has 1 aromatic heterocycles. The smallest absolute Gasteiger partial charge is 0.494 e. The van der Waals surface area contributed by atoms with Crippen molar-refractivity contribution < 1.29 is 23.3 Å². The average Bonchev–Trinajstić information content (AvgIpc) is 3.28. The highest BCUT2D eigenvalue weighted by Crippen LogP contribution is 2.36. The lowest BCUT2D eigenvalue weighted by atomic mass is 9.79. The fourth-order valence-corrected chi connectivity index (χ4v) is 3.33. The van der Waals surface area contributed by atoms with Gasteiger partial charge in [-0.3, -0.25) is 0 Å². The SMILES string of the molecule is CC(C)C(C)c1cc(OCCCCCOc2ccc(B3OC(C)(C)C(C)(C)O3)cc2)no1. The van der Waals surface area contributed by atoms with E-state index in [9.17, 15) is 0 Å². The van der Waals surface area contributed by atoms with Crippen LogP contribution in [-0.2, 0) is 9.31 Å². The Morgan fingerprint density at radius 3 is 2.06 bits per heavy atom. The molecule has 0 aliphatic carbocycles. The molecule has 7 heteroatoms. The van der Waals surface area contributed by atoms with Gasteiger partial charge in [0, 0.05) is 12.0 Å². The molecule has 0 radical (unpaired) electrons. The van der Waals surface area contributed by atoms with E-state index in [1.165, 1.54) is 0 Å². The molecule has 2 aromatic rings. The van der Waals surface area contributed by atoms with Crippen molar-refractivity contribution in [3.8, 4) is 11.6 Å². The van der Waals surface area contributed by atoms with Gasteiger partial charge >= 0.3 is 7.12 Å². The minimum absolute atomic E-state index is 0.334. The topological polar surface area (TPSA) is 63.0 Å². The number of nitrogens with zero attached hydrogens (tertiary/aromatic N) is 1. The van der Waals surface area contributed by atoms with Crippen molar-refractivity contribution in [1.82, 2.24) is 5.16 Å². The zero-order valence-corrected chi connectivity index (χ0v) is 20.6. The Bertz CT molecular complexity index is 830. The van der Waals surface area contributed by atoms with Crippen LogP contribution >= 0.6 is 0 Å². The van der Waals surface area contributed by atoms with Gasteiger partial charge in [-0.25, -0.2) is 0 Å². The summed E-state index contributed by atoms with van der Waals surface area (Å²) in [5.74, 6) is 3.16. The molecule has 0 saturated carbocycles. The van der Waals surface area contributed by atoms with Gasteiger partial charge in [0.05, 0.1) is 24.4 Å². The van der Waals surface area contributed by atoms with Crippen LogP contribution in [0, 0.1) is 5.92 Å². The quantitative estimate of drug-likeness (QED) is 0.344. The fraction of sp³-hybridized carbons (Fsp3) is 0.640. The van der Waals surface area contributed by atoms with E-state index in [0.717, 1.165) is 36.2 Å². The van der Waals surface area contributed by atoms with E-state index in [1.807, 2.05) is 30.3 Å². The van der Waals surface area contributed by atoms with Crippen LogP contribution in [0.2, 0.25) is 0 Å². The van der Waals surface area contributed by atoms with Crippen molar-refractivity contribution in [3.63, 3.8) is 0 Å².